The van der Waals surface area contributed by atoms with Gasteiger partial charge in [0.2, 0.25) is 5.95 Å². The molecule has 7 nitrogen and oxygen atoms in total. The first kappa shape index (κ1) is 18.4. The van der Waals surface area contributed by atoms with E-state index in [1.165, 1.54) is 16.8 Å². The van der Waals surface area contributed by atoms with Crippen LogP contribution in [0.3, 0.4) is 0 Å². The molecule has 3 rings (SSSR count). The Morgan fingerprint density at radius 1 is 1.00 bits per heavy atom. The summed E-state index contributed by atoms with van der Waals surface area (Å²) in [6.07, 6.45) is -4.59. The SMILES string of the molecule is O=C(NCCNc1nnnn1-c1ccccc1)c1ccccc1C(F)(F)F. The number of rotatable bonds is 6. The number of alkyl halides is 3. The molecule has 1 heterocycles. The van der Waals surface area contributed by atoms with E-state index in [1.54, 1.807) is 0 Å². The Bertz CT molecular complexity index is 910. The van der Waals surface area contributed by atoms with Crippen LogP contribution in [-0.4, -0.2) is 39.2 Å². The Morgan fingerprint density at radius 2 is 1.70 bits per heavy atom. The number of hydrogen-bond donors (Lipinski definition) is 2. The van der Waals surface area contributed by atoms with E-state index in [9.17, 15) is 18.0 Å². The molecule has 1 amide bonds. The van der Waals surface area contributed by atoms with E-state index in [0.717, 1.165) is 17.8 Å². The number of anilines is 1. The van der Waals surface area contributed by atoms with E-state index in [0.29, 0.717) is 5.95 Å². The standard InChI is InChI=1S/C17H15F3N6O/c18-17(19,20)14-9-5-4-8-13(14)15(27)21-10-11-22-16-23-24-25-26(16)12-6-2-1-3-7-12/h1-9H,10-11H2,(H,21,27)(H,22,23,25). The molecule has 2 N–H and O–H groups in total. The maximum atomic E-state index is 13.0. The van der Waals surface area contributed by atoms with Gasteiger partial charge >= 0.3 is 6.18 Å². The highest BCUT2D eigenvalue weighted by atomic mass is 19.4. The van der Waals surface area contributed by atoms with Crippen LogP contribution in [0, 0.1) is 0 Å². The molecule has 0 fully saturated rings. The van der Waals surface area contributed by atoms with Gasteiger partial charge in [0.1, 0.15) is 0 Å². The fourth-order valence-electron chi connectivity index (χ4n) is 2.41. The van der Waals surface area contributed by atoms with Gasteiger partial charge in [-0.1, -0.05) is 35.4 Å². The Morgan fingerprint density at radius 3 is 2.44 bits per heavy atom. The molecule has 0 spiro atoms. The van der Waals surface area contributed by atoms with Crippen molar-refractivity contribution in [1.82, 2.24) is 25.5 Å². The molecule has 0 aliphatic heterocycles. The number of nitrogens with zero attached hydrogens (tertiary/aromatic N) is 4. The maximum absolute atomic E-state index is 13.0. The van der Waals surface area contributed by atoms with Gasteiger partial charge < -0.3 is 10.6 Å². The number of tetrazole rings is 1. The number of para-hydroxylation sites is 1. The van der Waals surface area contributed by atoms with Crippen LogP contribution in [0.1, 0.15) is 15.9 Å². The van der Waals surface area contributed by atoms with Crippen molar-refractivity contribution in [3.8, 4) is 5.69 Å². The molecule has 0 saturated heterocycles. The van der Waals surface area contributed by atoms with Crippen LogP contribution in [0.4, 0.5) is 19.1 Å². The lowest BCUT2D eigenvalue weighted by Crippen LogP contribution is -2.30. The minimum absolute atomic E-state index is 0.0900. The van der Waals surface area contributed by atoms with Crippen molar-refractivity contribution in [3.05, 3.63) is 65.7 Å². The number of hydrogen-bond acceptors (Lipinski definition) is 5. The topological polar surface area (TPSA) is 84.7 Å². The Balaban J connectivity index is 1.58. The lowest BCUT2D eigenvalue weighted by atomic mass is 10.1. The van der Waals surface area contributed by atoms with Crippen LogP contribution in [0.15, 0.2) is 54.6 Å². The number of aromatic nitrogens is 4. The van der Waals surface area contributed by atoms with E-state index < -0.39 is 23.2 Å². The van der Waals surface area contributed by atoms with Crippen LogP contribution in [0.25, 0.3) is 5.69 Å². The van der Waals surface area contributed by atoms with Crippen molar-refractivity contribution in [2.24, 2.45) is 0 Å². The molecule has 10 heteroatoms. The third-order valence-corrected chi connectivity index (χ3v) is 3.64. The summed E-state index contributed by atoms with van der Waals surface area (Å²) >= 11 is 0. The van der Waals surface area contributed by atoms with Crippen molar-refractivity contribution < 1.29 is 18.0 Å². The van der Waals surface area contributed by atoms with Crippen LogP contribution in [-0.2, 0) is 6.18 Å². The molecule has 1 aromatic heterocycles. The first-order chi connectivity index (χ1) is 13.0. The van der Waals surface area contributed by atoms with Crippen molar-refractivity contribution in [2.45, 2.75) is 6.18 Å². The van der Waals surface area contributed by atoms with Crippen LogP contribution >= 0.6 is 0 Å². The van der Waals surface area contributed by atoms with Gasteiger partial charge in [-0.05, 0) is 34.7 Å². The van der Waals surface area contributed by atoms with Gasteiger partial charge in [-0.3, -0.25) is 4.79 Å². The third-order valence-electron chi connectivity index (χ3n) is 3.64. The summed E-state index contributed by atoms with van der Waals surface area (Å²) < 4.78 is 40.4. The number of carbonyl (C=O) groups excluding carboxylic acids is 1. The van der Waals surface area contributed by atoms with Crippen molar-refractivity contribution in [2.75, 3.05) is 18.4 Å². The first-order valence-electron chi connectivity index (χ1n) is 7.99. The van der Waals surface area contributed by atoms with Gasteiger partial charge in [0.15, 0.2) is 0 Å². The highest BCUT2D eigenvalue weighted by molar-refractivity contribution is 5.95. The van der Waals surface area contributed by atoms with Crippen molar-refractivity contribution in [1.29, 1.82) is 0 Å². The van der Waals surface area contributed by atoms with Gasteiger partial charge in [-0.15, -0.1) is 0 Å². The van der Waals surface area contributed by atoms with E-state index in [-0.39, 0.29) is 13.1 Å². The largest absolute Gasteiger partial charge is 0.417 e. The van der Waals surface area contributed by atoms with Gasteiger partial charge in [0.25, 0.3) is 5.91 Å². The van der Waals surface area contributed by atoms with Crippen molar-refractivity contribution in [3.63, 3.8) is 0 Å². The maximum Gasteiger partial charge on any atom is 0.417 e. The molecule has 27 heavy (non-hydrogen) atoms. The molecule has 140 valence electrons. The summed E-state index contributed by atoms with van der Waals surface area (Å²) in [5.41, 5.74) is -0.643. The van der Waals surface area contributed by atoms with E-state index >= 15 is 0 Å². The quantitative estimate of drug-likeness (QED) is 0.646. The van der Waals surface area contributed by atoms with E-state index in [4.69, 9.17) is 0 Å². The first-order valence-corrected chi connectivity index (χ1v) is 7.99. The fourth-order valence-corrected chi connectivity index (χ4v) is 2.41. The second-order valence-corrected chi connectivity index (χ2v) is 5.48. The molecule has 0 bridgehead atoms. The van der Waals surface area contributed by atoms with Crippen LogP contribution < -0.4 is 10.6 Å². The van der Waals surface area contributed by atoms with Gasteiger partial charge in [-0.2, -0.15) is 17.9 Å². The number of carbonyl (C=O) groups is 1. The highest BCUT2D eigenvalue weighted by Gasteiger charge is 2.34. The Hall–Kier alpha value is -3.43. The Labute approximate surface area is 152 Å². The molecule has 0 atom stereocenters. The predicted octanol–water partition coefficient (Wildman–Crippen LogP) is 2.52. The molecule has 0 radical (unpaired) electrons. The monoisotopic (exact) mass is 376 g/mol. The molecule has 3 aromatic rings. The number of amides is 1. The van der Waals surface area contributed by atoms with Gasteiger partial charge in [0, 0.05) is 13.1 Å². The summed E-state index contributed by atoms with van der Waals surface area (Å²) in [4.78, 5) is 12.1. The molecule has 0 unspecified atom stereocenters. The summed E-state index contributed by atoms with van der Waals surface area (Å²) in [5, 5.41) is 16.7. The van der Waals surface area contributed by atoms with Crippen molar-refractivity contribution >= 4 is 11.9 Å². The molecular formula is C17H15F3N6O. The average Bonchev–Trinajstić information content (AvgIpc) is 3.13. The summed E-state index contributed by atoms with van der Waals surface area (Å²) in [6.45, 7) is 0.319. The lowest BCUT2D eigenvalue weighted by molar-refractivity contribution is -0.137. The van der Waals surface area contributed by atoms with Gasteiger partial charge in [0.05, 0.1) is 16.8 Å². The molecule has 0 saturated carbocycles. The molecule has 0 aliphatic carbocycles. The summed E-state index contributed by atoms with van der Waals surface area (Å²) in [6, 6.07) is 13.8. The summed E-state index contributed by atoms with van der Waals surface area (Å²) in [7, 11) is 0. The number of halogens is 3. The molecule has 2 aromatic carbocycles. The Kier molecular flexibility index (Phi) is 5.34. The smallest absolute Gasteiger partial charge is 0.351 e. The normalized spacial score (nSPS) is 11.2. The number of benzene rings is 2. The zero-order valence-corrected chi connectivity index (χ0v) is 13.9. The lowest BCUT2D eigenvalue weighted by Gasteiger charge is -2.13. The van der Waals surface area contributed by atoms with Gasteiger partial charge in [-0.25, -0.2) is 0 Å². The predicted molar refractivity (Wildman–Crippen MR) is 91.4 cm³/mol. The van der Waals surface area contributed by atoms with Crippen LogP contribution in [0.5, 0.6) is 0 Å². The molecular weight excluding hydrogens is 361 g/mol. The van der Waals surface area contributed by atoms with E-state index in [1.807, 2.05) is 30.3 Å². The molecule has 0 aliphatic rings. The second-order valence-electron chi connectivity index (χ2n) is 5.48. The average molecular weight is 376 g/mol. The fraction of sp³-hybridized carbons (Fsp3) is 0.176. The third kappa shape index (κ3) is 4.40. The number of nitrogens with one attached hydrogen (secondary N) is 2. The highest BCUT2D eigenvalue weighted by Crippen LogP contribution is 2.31. The second kappa shape index (κ2) is 7.85. The zero-order valence-electron chi connectivity index (χ0n) is 13.9. The zero-order chi connectivity index (χ0) is 19.3. The van der Waals surface area contributed by atoms with E-state index in [2.05, 4.69) is 26.2 Å². The van der Waals surface area contributed by atoms with Crippen LogP contribution in [0.2, 0.25) is 0 Å². The minimum atomic E-state index is -4.59. The minimum Gasteiger partial charge on any atom is -0.351 e. The summed E-state index contributed by atoms with van der Waals surface area (Å²) in [5.74, 6) is -0.446.